The molecule has 230 valence electrons. The van der Waals surface area contributed by atoms with Crippen LogP contribution < -0.4 is 0 Å². The van der Waals surface area contributed by atoms with Gasteiger partial charge in [0.25, 0.3) is 0 Å². The Kier molecular flexibility index (Phi) is 6.99. The van der Waals surface area contributed by atoms with Gasteiger partial charge in [0.15, 0.2) is 0 Å². The maximum atomic E-state index is 13.8. The summed E-state index contributed by atoms with van der Waals surface area (Å²) in [6.45, 7) is -0.733. The average Bonchev–Trinajstić information content (AvgIpc) is 2.85. The van der Waals surface area contributed by atoms with Crippen LogP contribution >= 0.6 is 0 Å². The minimum absolute atomic E-state index is 0.0713. The normalized spacial score (nSPS) is 43.0. The summed E-state index contributed by atoms with van der Waals surface area (Å²) in [6, 6.07) is 0. The van der Waals surface area contributed by atoms with Crippen molar-refractivity contribution >= 4 is 28.0 Å². The van der Waals surface area contributed by atoms with E-state index in [2.05, 4.69) is 0 Å². The minimum atomic E-state index is -5.99. The molecule has 0 radical (unpaired) electrons. The number of esters is 3. The maximum absolute atomic E-state index is 13.8. The number of carbonyl (C=O) groups excluding carboxylic acids is 3. The van der Waals surface area contributed by atoms with Gasteiger partial charge in [-0.05, 0) is 99.7 Å². The lowest BCUT2D eigenvalue weighted by Gasteiger charge is -2.57. The number of ether oxygens (including phenoxy) is 3. The Bertz CT molecular complexity index is 1190. The number of aliphatic hydroxyl groups is 2. The highest BCUT2D eigenvalue weighted by atomic mass is 32.2. The summed E-state index contributed by atoms with van der Waals surface area (Å²) in [6.07, 6.45) is 3.43. The van der Waals surface area contributed by atoms with Gasteiger partial charge >= 0.3 is 33.3 Å². The summed E-state index contributed by atoms with van der Waals surface area (Å²) in [5.74, 6) is -3.85. The highest BCUT2D eigenvalue weighted by molar-refractivity contribution is 7.87. The molecule has 41 heavy (non-hydrogen) atoms. The summed E-state index contributed by atoms with van der Waals surface area (Å²) in [7, 11) is -5.99. The molecule has 0 aliphatic heterocycles. The van der Waals surface area contributed by atoms with Crippen molar-refractivity contribution in [2.45, 2.75) is 87.3 Å². The molecule has 8 aliphatic carbocycles. The van der Waals surface area contributed by atoms with Crippen LogP contribution in [0.2, 0.25) is 0 Å². The van der Waals surface area contributed by atoms with Crippen molar-refractivity contribution in [3.63, 3.8) is 0 Å². The van der Waals surface area contributed by atoms with Crippen molar-refractivity contribution in [3.8, 4) is 0 Å². The van der Waals surface area contributed by atoms with Gasteiger partial charge in [0.2, 0.25) is 0 Å². The molecule has 5 atom stereocenters. The lowest BCUT2D eigenvalue weighted by atomic mass is 9.48. The van der Waals surface area contributed by atoms with Crippen molar-refractivity contribution in [2.75, 3.05) is 13.2 Å². The van der Waals surface area contributed by atoms with Crippen LogP contribution in [-0.2, 0) is 38.7 Å². The Morgan fingerprint density at radius 3 is 1.95 bits per heavy atom. The summed E-state index contributed by atoms with van der Waals surface area (Å²) in [5, 5.41) is 16.0. The van der Waals surface area contributed by atoms with Gasteiger partial charge in [-0.3, -0.25) is 14.1 Å². The Morgan fingerprint density at radius 2 is 1.39 bits per heavy atom. The fourth-order valence-electron chi connectivity index (χ4n) is 9.73. The second-order valence-corrected chi connectivity index (χ2v) is 15.2. The number of alkyl halides is 2. The van der Waals surface area contributed by atoms with E-state index >= 15 is 0 Å². The van der Waals surface area contributed by atoms with E-state index in [1.165, 1.54) is 0 Å². The van der Waals surface area contributed by atoms with Gasteiger partial charge in [0.05, 0.1) is 16.9 Å². The zero-order valence-electron chi connectivity index (χ0n) is 22.5. The first-order valence-electron chi connectivity index (χ1n) is 14.4. The molecule has 8 saturated carbocycles. The van der Waals surface area contributed by atoms with E-state index in [1.54, 1.807) is 0 Å². The molecule has 0 heterocycles. The smallest absolute Gasteiger partial charge is 0.463 e. The molecular weight excluding hydrogens is 570 g/mol. The topological polar surface area (TPSA) is 174 Å². The number of hydrogen-bond donors (Lipinski definition) is 3. The van der Waals surface area contributed by atoms with Gasteiger partial charge in [-0.1, -0.05) is 0 Å². The van der Waals surface area contributed by atoms with E-state index in [1.807, 2.05) is 0 Å². The third-order valence-electron chi connectivity index (χ3n) is 10.8. The maximum Gasteiger partial charge on any atom is 0.465 e. The number of carbonyl (C=O) groups is 3. The molecule has 5 unspecified atom stereocenters. The number of hydrogen-bond acceptors (Lipinski definition) is 10. The van der Waals surface area contributed by atoms with E-state index in [0.717, 1.165) is 19.3 Å². The molecule has 0 amide bonds. The van der Waals surface area contributed by atoms with Gasteiger partial charge in [-0.15, -0.1) is 0 Å². The van der Waals surface area contributed by atoms with Crippen LogP contribution in [0.3, 0.4) is 0 Å². The Labute approximate surface area is 236 Å². The molecule has 0 aromatic carbocycles. The van der Waals surface area contributed by atoms with Crippen LogP contribution in [0.15, 0.2) is 0 Å². The van der Waals surface area contributed by atoms with Crippen molar-refractivity contribution < 1.29 is 60.6 Å². The molecular formula is C27H36F2O11S. The SMILES string of the molecule is O=C(OCC(O)COC(=O)C12CC3CC(C1)C(OC(=O)C(F)(F)S(=O)(=O)O)C(C3)C2)C1C2CC3CC1CC(O)(C3)C2. The molecule has 8 fully saturated rings. The third kappa shape index (κ3) is 5.06. The molecule has 8 rings (SSSR count). The zero-order chi connectivity index (χ0) is 29.5. The van der Waals surface area contributed by atoms with Gasteiger partial charge in [-0.2, -0.15) is 17.2 Å². The summed E-state index contributed by atoms with van der Waals surface area (Å²) in [4.78, 5) is 38.0. The van der Waals surface area contributed by atoms with E-state index < -0.39 is 74.9 Å². The molecule has 0 saturated heterocycles. The monoisotopic (exact) mass is 606 g/mol. The largest absolute Gasteiger partial charge is 0.465 e. The Morgan fingerprint density at radius 1 is 0.854 bits per heavy atom. The molecule has 3 N–H and O–H groups in total. The molecule has 11 nitrogen and oxygen atoms in total. The Balaban J connectivity index is 1.00. The highest BCUT2D eigenvalue weighted by Gasteiger charge is 2.63. The molecule has 0 aromatic rings. The van der Waals surface area contributed by atoms with Gasteiger partial charge in [0, 0.05) is 0 Å². The molecule has 0 aromatic heterocycles. The molecule has 14 heteroatoms. The molecule has 8 bridgehead atoms. The van der Waals surface area contributed by atoms with Crippen molar-refractivity contribution in [3.05, 3.63) is 0 Å². The van der Waals surface area contributed by atoms with E-state index in [0.29, 0.717) is 38.0 Å². The van der Waals surface area contributed by atoms with Crippen LogP contribution in [0.4, 0.5) is 8.78 Å². The van der Waals surface area contributed by atoms with Crippen LogP contribution in [0.25, 0.3) is 0 Å². The van der Waals surface area contributed by atoms with Gasteiger partial charge < -0.3 is 24.4 Å². The minimum Gasteiger partial charge on any atom is -0.463 e. The van der Waals surface area contributed by atoms with E-state index in [9.17, 15) is 41.8 Å². The molecule has 0 spiro atoms. The summed E-state index contributed by atoms with van der Waals surface area (Å²) < 4.78 is 73.9. The lowest BCUT2D eigenvalue weighted by Crippen LogP contribution is -2.58. The second-order valence-electron chi connectivity index (χ2n) is 13.7. The average molecular weight is 607 g/mol. The van der Waals surface area contributed by atoms with Crippen molar-refractivity contribution in [2.24, 2.45) is 46.8 Å². The third-order valence-corrected chi connectivity index (χ3v) is 11.6. The zero-order valence-corrected chi connectivity index (χ0v) is 23.3. The van der Waals surface area contributed by atoms with Gasteiger partial charge in [-0.25, -0.2) is 4.79 Å². The van der Waals surface area contributed by atoms with Crippen LogP contribution in [0.1, 0.15) is 64.2 Å². The standard InChI is InChI=1S/C27H36F2O11S/c28-27(29,41(35,36)37)24(33)40-21-17-3-13-4-18(21)8-25(5-13,7-17)23(32)39-12-19(30)11-38-22(31)20-15-1-14-2-16(20)10-26(34,6-14)9-15/h13-21,30,34H,1-12H2,(H,35,36,37). The predicted molar refractivity (Wildman–Crippen MR) is 132 cm³/mol. The predicted octanol–water partition coefficient (Wildman–Crippen LogP) is 1.84. The first-order valence-corrected chi connectivity index (χ1v) is 15.8. The fourth-order valence-corrected chi connectivity index (χ4v) is 9.99. The van der Waals surface area contributed by atoms with Crippen LogP contribution in [0, 0.1) is 46.8 Å². The van der Waals surface area contributed by atoms with Crippen LogP contribution in [-0.4, -0.2) is 77.4 Å². The first kappa shape index (κ1) is 29.2. The van der Waals surface area contributed by atoms with Crippen molar-refractivity contribution in [1.82, 2.24) is 0 Å². The number of aliphatic hydroxyl groups excluding tert-OH is 1. The second kappa shape index (κ2) is 9.81. The summed E-state index contributed by atoms with van der Waals surface area (Å²) >= 11 is 0. The summed E-state index contributed by atoms with van der Waals surface area (Å²) in [5.41, 5.74) is -1.62. The lowest BCUT2D eigenvalue weighted by molar-refractivity contribution is -0.204. The van der Waals surface area contributed by atoms with Crippen molar-refractivity contribution in [1.29, 1.82) is 0 Å². The Hall–Kier alpha value is -1.90. The highest BCUT2D eigenvalue weighted by Crippen LogP contribution is 2.61. The van der Waals surface area contributed by atoms with Crippen LogP contribution in [0.5, 0.6) is 0 Å². The van der Waals surface area contributed by atoms with E-state index in [4.69, 9.17) is 18.8 Å². The number of rotatable bonds is 9. The van der Waals surface area contributed by atoms with E-state index in [-0.39, 0.29) is 43.1 Å². The number of halogens is 2. The van der Waals surface area contributed by atoms with Gasteiger partial charge in [0.1, 0.15) is 25.4 Å². The fraction of sp³-hybridized carbons (Fsp3) is 0.889. The molecule has 8 aliphatic rings. The quantitative estimate of drug-likeness (QED) is 0.199. The first-order chi connectivity index (χ1) is 19.1.